The minimum Gasteiger partial charge on any atom is -0.352 e. The predicted octanol–water partition coefficient (Wildman–Crippen LogP) is 5.83. The van der Waals surface area contributed by atoms with Crippen molar-refractivity contribution in [1.82, 2.24) is 10.2 Å². The molecule has 0 heterocycles. The number of sulfonamides is 1. The van der Waals surface area contributed by atoms with E-state index in [-0.39, 0.29) is 43.8 Å². The van der Waals surface area contributed by atoms with Crippen LogP contribution in [0.3, 0.4) is 0 Å². The first-order valence-corrected chi connectivity index (χ1v) is 15.0. The number of anilines is 1. The molecule has 0 saturated carbocycles. The minimum atomic E-state index is -3.62. The van der Waals surface area contributed by atoms with E-state index in [1.165, 1.54) is 9.21 Å². The first kappa shape index (κ1) is 31.2. The van der Waals surface area contributed by atoms with Crippen molar-refractivity contribution >= 4 is 62.3 Å². The highest BCUT2D eigenvalue weighted by Gasteiger charge is 2.27. The van der Waals surface area contributed by atoms with Gasteiger partial charge in [-0.2, -0.15) is 0 Å². The molecular weight excluding hydrogens is 557 g/mol. The van der Waals surface area contributed by atoms with Gasteiger partial charge < -0.3 is 10.2 Å². The van der Waals surface area contributed by atoms with E-state index >= 15 is 0 Å². The van der Waals surface area contributed by atoms with Crippen LogP contribution in [0.15, 0.2) is 36.4 Å². The fraction of sp³-hybridized carbons (Fsp3) is 0.462. The van der Waals surface area contributed by atoms with Gasteiger partial charge in [-0.3, -0.25) is 13.9 Å². The molecule has 0 fully saturated rings. The Bertz CT molecular complexity index is 1220. The third-order valence-electron chi connectivity index (χ3n) is 6.17. The Morgan fingerprint density at radius 1 is 1.03 bits per heavy atom. The van der Waals surface area contributed by atoms with Crippen LogP contribution in [0, 0.1) is 6.92 Å². The molecule has 7 nitrogen and oxygen atoms in total. The second kappa shape index (κ2) is 13.7. The lowest BCUT2D eigenvalue weighted by molar-refractivity contribution is -0.140. The molecule has 37 heavy (non-hydrogen) atoms. The van der Waals surface area contributed by atoms with Crippen LogP contribution in [0.4, 0.5) is 5.69 Å². The van der Waals surface area contributed by atoms with Crippen molar-refractivity contribution in [3.8, 4) is 0 Å². The Morgan fingerprint density at radius 2 is 1.70 bits per heavy atom. The van der Waals surface area contributed by atoms with Crippen LogP contribution in [0.5, 0.6) is 0 Å². The third-order valence-corrected chi connectivity index (χ3v) is 8.49. The monoisotopic (exact) mass is 589 g/mol. The molecular formula is C26H34Cl3N3O4S. The number of hydrogen-bond donors (Lipinski definition) is 1. The zero-order valence-corrected chi connectivity index (χ0v) is 24.8. The number of benzene rings is 2. The zero-order chi connectivity index (χ0) is 27.9. The molecule has 2 rings (SSSR count). The number of carbonyl (C=O) groups excluding carboxylic acids is 2. The first-order valence-electron chi connectivity index (χ1n) is 12.0. The second-order valence-electron chi connectivity index (χ2n) is 9.09. The minimum absolute atomic E-state index is 0.0356. The maximum absolute atomic E-state index is 13.4. The number of amides is 2. The van der Waals surface area contributed by atoms with Gasteiger partial charge in [-0.05, 0) is 69.0 Å². The van der Waals surface area contributed by atoms with Crippen LogP contribution < -0.4 is 9.62 Å². The van der Waals surface area contributed by atoms with Crippen molar-refractivity contribution in [3.05, 3.63) is 62.6 Å². The summed E-state index contributed by atoms with van der Waals surface area (Å²) in [4.78, 5) is 27.8. The van der Waals surface area contributed by atoms with Gasteiger partial charge in [0, 0.05) is 30.6 Å². The Balaban J connectivity index is 2.24. The molecule has 0 aromatic heterocycles. The summed E-state index contributed by atoms with van der Waals surface area (Å²) in [5.74, 6) is -0.552. The van der Waals surface area contributed by atoms with E-state index in [0.717, 1.165) is 18.2 Å². The van der Waals surface area contributed by atoms with Gasteiger partial charge in [0.05, 0.1) is 22.0 Å². The van der Waals surface area contributed by atoms with Gasteiger partial charge in [0.25, 0.3) is 0 Å². The van der Waals surface area contributed by atoms with Gasteiger partial charge in [0.15, 0.2) is 0 Å². The average Bonchev–Trinajstić information content (AvgIpc) is 2.83. The van der Waals surface area contributed by atoms with Crippen LogP contribution in [0.25, 0.3) is 0 Å². The van der Waals surface area contributed by atoms with E-state index in [0.29, 0.717) is 26.3 Å². The molecule has 0 aliphatic heterocycles. The fourth-order valence-electron chi connectivity index (χ4n) is 3.73. The summed E-state index contributed by atoms with van der Waals surface area (Å²) < 4.78 is 26.3. The van der Waals surface area contributed by atoms with Gasteiger partial charge in [0.1, 0.15) is 6.04 Å². The highest BCUT2D eigenvalue weighted by atomic mass is 35.5. The molecule has 0 aliphatic rings. The number of carbonyl (C=O) groups is 2. The van der Waals surface area contributed by atoms with Crippen molar-refractivity contribution in [3.63, 3.8) is 0 Å². The summed E-state index contributed by atoms with van der Waals surface area (Å²) in [5, 5.41) is 4.12. The number of halogens is 3. The lowest BCUT2D eigenvalue weighted by atomic mass is 10.1. The maximum Gasteiger partial charge on any atom is 0.242 e. The Kier molecular flexibility index (Phi) is 11.6. The molecule has 2 atom stereocenters. The molecule has 2 amide bonds. The molecule has 0 aliphatic carbocycles. The van der Waals surface area contributed by atoms with E-state index in [4.69, 9.17) is 34.8 Å². The van der Waals surface area contributed by atoms with E-state index < -0.39 is 16.1 Å². The van der Waals surface area contributed by atoms with E-state index in [1.807, 2.05) is 13.8 Å². The summed E-state index contributed by atoms with van der Waals surface area (Å²) in [6.45, 7) is 7.51. The van der Waals surface area contributed by atoms with Gasteiger partial charge in [-0.25, -0.2) is 8.42 Å². The third kappa shape index (κ3) is 8.77. The number of nitrogens with one attached hydrogen (secondary N) is 1. The van der Waals surface area contributed by atoms with Crippen molar-refractivity contribution in [2.24, 2.45) is 0 Å². The normalized spacial score (nSPS) is 13.1. The average molecular weight is 591 g/mol. The first-order chi connectivity index (χ1) is 17.3. The van der Waals surface area contributed by atoms with Gasteiger partial charge in [0.2, 0.25) is 21.8 Å². The predicted molar refractivity (Wildman–Crippen MR) is 152 cm³/mol. The highest BCUT2D eigenvalue weighted by molar-refractivity contribution is 7.92. The van der Waals surface area contributed by atoms with Crippen LogP contribution >= 0.6 is 34.8 Å². The Hall–Kier alpha value is -2.00. The molecule has 0 spiro atoms. The number of nitrogens with zero attached hydrogens (tertiary/aromatic N) is 2. The lowest BCUT2D eigenvalue weighted by Gasteiger charge is -2.30. The molecule has 204 valence electrons. The lowest BCUT2D eigenvalue weighted by Crippen LogP contribution is -2.49. The van der Waals surface area contributed by atoms with Crippen LogP contribution in [0.1, 0.15) is 51.2 Å². The topological polar surface area (TPSA) is 86.8 Å². The molecule has 11 heteroatoms. The van der Waals surface area contributed by atoms with E-state index in [2.05, 4.69) is 5.32 Å². The fourth-order valence-corrected chi connectivity index (χ4v) is 5.24. The smallest absolute Gasteiger partial charge is 0.242 e. The molecule has 2 unspecified atom stereocenters. The summed E-state index contributed by atoms with van der Waals surface area (Å²) in [6.07, 6.45) is 2.15. The second-order valence-corrected chi connectivity index (χ2v) is 12.2. The molecule has 0 bridgehead atoms. The van der Waals surface area contributed by atoms with Crippen LogP contribution in [-0.4, -0.2) is 50.0 Å². The molecule has 2 aromatic carbocycles. The summed E-state index contributed by atoms with van der Waals surface area (Å²) in [6, 6.07) is 9.32. The SMILES string of the molecule is CCC(C)NC(=O)C(C)N(Cc1ccc(Cl)c(Cl)c1)C(=O)CCCN(c1cccc(Cl)c1C)S(C)(=O)=O. The Labute approximate surface area is 235 Å². The highest BCUT2D eigenvalue weighted by Crippen LogP contribution is 2.29. The number of hydrogen-bond acceptors (Lipinski definition) is 4. The van der Waals surface area contributed by atoms with Crippen molar-refractivity contribution in [1.29, 1.82) is 0 Å². The summed E-state index contributed by atoms with van der Waals surface area (Å²) in [5.41, 5.74) is 1.83. The van der Waals surface area contributed by atoms with Crippen LogP contribution in [-0.2, 0) is 26.2 Å². The van der Waals surface area contributed by atoms with Crippen molar-refractivity contribution in [2.75, 3.05) is 17.1 Å². The summed E-state index contributed by atoms with van der Waals surface area (Å²) in [7, 11) is -3.62. The molecule has 2 aromatic rings. The Morgan fingerprint density at radius 3 is 2.30 bits per heavy atom. The molecule has 0 saturated heterocycles. The quantitative estimate of drug-likeness (QED) is 0.337. The van der Waals surface area contributed by atoms with E-state index in [9.17, 15) is 18.0 Å². The molecule has 0 radical (unpaired) electrons. The van der Waals surface area contributed by atoms with Crippen molar-refractivity contribution < 1.29 is 18.0 Å². The van der Waals surface area contributed by atoms with Gasteiger partial charge in [-0.15, -0.1) is 0 Å². The van der Waals surface area contributed by atoms with Gasteiger partial charge in [-0.1, -0.05) is 53.9 Å². The standard InChI is InChI=1S/C26H34Cl3N3O4S/c1-6-17(2)30-26(34)19(4)31(16-20-12-13-22(28)23(29)15-20)25(33)11-8-14-32(37(5,35)36)24-10-7-9-21(27)18(24)3/h7,9-10,12-13,15,17,19H,6,8,11,14,16H2,1-5H3,(H,30,34). The maximum atomic E-state index is 13.4. The zero-order valence-electron chi connectivity index (χ0n) is 21.7. The van der Waals surface area contributed by atoms with E-state index in [1.54, 1.807) is 50.2 Å². The van der Waals surface area contributed by atoms with Gasteiger partial charge >= 0.3 is 0 Å². The largest absolute Gasteiger partial charge is 0.352 e. The number of rotatable bonds is 12. The molecule has 1 N–H and O–H groups in total. The summed E-state index contributed by atoms with van der Waals surface area (Å²) >= 11 is 18.4. The van der Waals surface area contributed by atoms with Crippen molar-refractivity contribution in [2.45, 2.75) is 65.6 Å². The van der Waals surface area contributed by atoms with Crippen LogP contribution in [0.2, 0.25) is 15.1 Å².